The lowest BCUT2D eigenvalue weighted by Gasteiger charge is -2.11. The molecule has 142 valence electrons. The Morgan fingerprint density at radius 2 is 2.11 bits per heavy atom. The van der Waals surface area contributed by atoms with E-state index in [1.54, 1.807) is 43.1 Å². The van der Waals surface area contributed by atoms with E-state index < -0.39 is 0 Å². The molecule has 0 fully saturated rings. The predicted octanol–water partition coefficient (Wildman–Crippen LogP) is 3.46. The Morgan fingerprint density at radius 1 is 1.26 bits per heavy atom. The number of amides is 1. The van der Waals surface area contributed by atoms with Crippen LogP contribution in [0, 0.1) is 13.8 Å². The van der Waals surface area contributed by atoms with Crippen molar-refractivity contribution in [1.82, 2.24) is 15.0 Å². The van der Waals surface area contributed by atoms with Crippen molar-refractivity contribution in [2.75, 3.05) is 31.4 Å². The van der Waals surface area contributed by atoms with Gasteiger partial charge in [-0.3, -0.25) is 4.79 Å². The summed E-state index contributed by atoms with van der Waals surface area (Å²) < 4.78 is 10.5. The van der Waals surface area contributed by atoms with Gasteiger partial charge in [-0.05, 0) is 31.5 Å². The molecule has 3 heterocycles. The molecular formula is C18H20N4O3S2. The molecule has 9 heteroatoms. The van der Waals surface area contributed by atoms with Crippen molar-refractivity contribution in [3.05, 3.63) is 35.1 Å². The number of ether oxygens (including phenoxy) is 2. The second kappa shape index (κ2) is 9.12. The van der Waals surface area contributed by atoms with Gasteiger partial charge < -0.3 is 14.8 Å². The average Bonchev–Trinajstić information content (AvgIpc) is 2.96. The molecule has 3 aromatic heterocycles. The van der Waals surface area contributed by atoms with Crippen LogP contribution in [-0.4, -0.2) is 46.9 Å². The normalized spacial score (nSPS) is 10.9. The summed E-state index contributed by atoms with van der Waals surface area (Å²) in [6, 6.07) is 3.50. The van der Waals surface area contributed by atoms with Crippen molar-refractivity contribution in [3.8, 4) is 5.88 Å². The number of hydrogen-bond donors (Lipinski definition) is 1. The lowest BCUT2D eigenvalue weighted by molar-refractivity contribution is -0.113. The Labute approximate surface area is 165 Å². The Hall–Kier alpha value is -2.23. The van der Waals surface area contributed by atoms with Crippen LogP contribution in [0.25, 0.3) is 10.2 Å². The molecule has 27 heavy (non-hydrogen) atoms. The van der Waals surface area contributed by atoms with Crippen LogP contribution < -0.4 is 10.1 Å². The lowest BCUT2D eigenvalue weighted by Crippen LogP contribution is -2.16. The fourth-order valence-corrected chi connectivity index (χ4v) is 4.32. The quantitative estimate of drug-likeness (QED) is 0.349. The largest absolute Gasteiger partial charge is 0.474 e. The molecule has 0 bridgehead atoms. The molecule has 0 radical (unpaired) electrons. The first kappa shape index (κ1) is 19.5. The SMILES string of the molecule is COCCOc1ncccc1NC(=O)CSc1ncnc2sc(C)c(C)c12. The first-order valence-electron chi connectivity index (χ1n) is 8.30. The molecule has 1 amide bonds. The molecule has 0 aromatic carbocycles. The third-order valence-corrected chi connectivity index (χ3v) is 5.95. The van der Waals surface area contributed by atoms with Crippen LogP contribution in [0.4, 0.5) is 5.69 Å². The van der Waals surface area contributed by atoms with E-state index in [0.29, 0.717) is 24.8 Å². The standard InChI is InChI=1S/C18H20N4O3S2/c1-11-12(2)27-18-15(11)17(20-10-21-18)26-9-14(23)22-13-5-4-6-19-16(13)25-8-7-24-3/h4-6,10H,7-9H2,1-3H3,(H,22,23). The minimum absolute atomic E-state index is 0.152. The van der Waals surface area contributed by atoms with Gasteiger partial charge in [0.2, 0.25) is 11.8 Å². The summed E-state index contributed by atoms with van der Waals surface area (Å²) in [6.07, 6.45) is 3.16. The van der Waals surface area contributed by atoms with Crippen LogP contribution in [0.15, 0.2) is 29.7 Å². The van der Waals surface area contributed by atoms with E-state index in [2.05, 4.69) is 34.1 Å². The molecule has 1 N–H and O–H groups in total. The van der Waals surface area contributed by atoms with Crippen LogP contribution in [0.3, 0.4) is 0 Å². The van der Waals surface area contributed by atoms with Crippen molar-refractivity contribution >= 4 is 44.9 Å². The second-order valence-corrected chi connectivity index (χ2v) is 7.84. The van der Waals surface area contributed by atoms with Crippen LogP contribution in [0.5, 0.6) is 5.88 Å². The number of aryl methyl sites for hydroxylation is 2. The number of methoxy groups -OCH3 is 1. The molecule has 0 saturated heterocycles. The van der Waals surface area contributed by atoms with Crippen molar-refractivity contribution in [3.63, 3.8) is 0 Å². The summed E-state index contributed by atoms with van der Waals surface area (Å²) in [5.41, 5.74) is 1.70. The van der Waals surface area contributed by atoms with E-state index in [-0.39, 0.29) is 11.7 Å². The highest BCUT2D eigenvalue weighted by atomic mass is 32.2. The predicted molar refractivity (Wildman–Crippen MR) is 108 cm³/mol. The number of thiophene rings is 1. The van der Waals surface area contributed by atoms with Crippen molar-refractivity contribution in [2.24, 2.45) is 0 Å². The number of hydrogen-bond acceptors (Lipinski definition) is 8. The Balaban J connectivity index is 1.66. The summed E-state index contributed by atoms with van der Waals surface area (Å²) in [5.74, 6) is 0.454. The zero-order valence-corrected chi connectivity index (χ0v) is 16.9. The number of anilines is 1. The topological polar surface area (TPSA) is 86.2 Å². The molecule has 0 spiro atoms. The van der Waals surface area contributed by atoms with E-state index in [0.717, 1.165) is 15.2 Å². The van der Waals surface area contributed by atoms with E-state index >= 15 is 0 Å². The molecule has 0 aliphatic carbocycles. The summed E-state index contributed by atoms with van der Waals surface area (Å²) in [7, 11) is 1.60. The van der Waals surface area contributed by atoms with Gasteiger partial charge in [-0.1, -0.05) is 11.8 Å². The van der Waals surface area contributed by atoms with Crippen molar-refractivity contribution < 1.29 is 14.3 Å². The van der Waals surface area contributed by atoms with Crippen LogP contribution >= 0.6 is 23.1 Å². The number of rotatable bonds is 8. The molecule has 0 saturated carbocycles. The molecule has 3 rings (SSSR count). The summed E-state index contributed by atoms with van der Waals surface area (Å²) in [5, 5.41) is 4.70. The minimum Gasteiger partial charge on any atom is -0.474 e. The number of aromatic nitrogens is 3. The average molecular weight is 405 g/mol. The number of nitrogens with one attached hydrogen (secondary N) is 1. The van der Waals surface area contributed by atoms with Gasteiger partial charge in [0.15, 0.2) is 0 Å². The van der Waals surface area contributed by atoms with Gasteiger partial charge in [-0.2, -0.15) is 0 Å². The van der Waals surface area contributed by atoms with Gasteiger partial charge in [0.05, 0.1) is 12.4 Å². The minimum atomic E-state index is -0.152. The Kier molecular flexibility index (Phi) is 6.59. The number of thioether (sulfide) groups is 1. The zero-order chi connectivity index (χ0) is 19.2. The maximum Gasteiger partial charge on any atom is 0.237 e. The van der Waals surface area contributed by atoms with Crippen molar-refractivity contribution in [2.45, 2.75) is 18.9 Å². The van der Waals surface area contributed by atoms with Gasteiger partial charge >= 0.3 is 0 Å². The van der Waals surface area contributed by atoms with E-state index in [4.69, 9.17) is 9.47 Å². The highest BCUT2D eigenvalue weighted by Gasteiger charge is 2.15. The number of pyridine rings is 1. The number of carbonyl (C=O) groups excluding carboxylic acids is 1. The summed E-state index contributed by atoms with van der Waals surface area (Å²) in [4.78, 5) is 27.4. The first-order chi connectivity index (χ1) is 13.1. The fourth-order valence-electron chi connectivity index (χ4n) is 2.40. The van der Waals surface area contributed by atoms with Crippen LogP contribution in [0.1, 0.15) is 10.4 Å². The third kappa shape index (κ3) is 4.74. The highest BCUT2D eigenvalue weighted by molar-refractivity contribution is 8.00. The molecule has 0 aliphatic heterocycles. The van der Waals surface area contributed by atoms with Gasteiger partial charge in [0, 0.05) is 23.6 Å². The highest BCUT2D eigenvalue weighted by Crippen LogP contribution is 2.34. The molecule has 0 atom stereocenters. The zero-order valence-electron chi connectivity index (χ0n) is 15.3. The van der Waals surface area contributed by atoms with E-state index in [9.17, 15) is 4.79 Å². The third-order valence-electron chi connectivity index (χ3n) is 3.84. The first-order valence-corrected chi connectivity index (χ1v) is 10.1. The maximum absolute atomic E-state index is 12.4. The number of nitrogens with zero attached hydrogens (tertiary/aromatic N) is 3. The van der Waals surface area contributed by atoms with Crippen LogP contribution in [0.2, 0.25) is 0 Å². The van der Waals surface area contributed by atoms with E-state index in [1.165, 1.54) is 22.2 Å². The maximum atomic E-state index is 12.4. The second-order valence-electron chi connectivity index (χ2n) is 5.68. The van der Waals surface area contributed by atoms with Crippen LogP contribution in [-0.2, 0) is 9.53 Å². The monoisotopic (exact) mass is 404 g/mol. The molecule has 0 unspecified atom stereocenters. The van der Waals surface area contributed by atoms with Crippen molar-refractivity contribution in [1.29, 1.82) is 0 Å². The lowest BCUT2D eigenvalue weighted by atomic mass is 10.2. The molecule has 7 nitrogen and oxygen atoms in total. The van der Waals surface area contributed by atoms with Gasteiger partial charge in [0.1, 0.15) is 28.5 Å². The fraction of sp³-hybridized carbons (Fsp3) is 0.333. The van der Waals surface area contributed by atoms with Gasteiger partial charge in [-0.25, -0.2) is 15.0 Å². The number of carbonyl (C=O) groups is 1. The summed E-state index contributed by atoms with van der Waals surface area (Å²) >= 11 is 3.04. The molecule has 0 aliphatic rings. The molecule has 3 aromatic rings. The number of fused-ring (bicyclic) bond motifs is 1. The summed E-state index contributed by atoms with van der Waals surface area (Å²) in [6.45, 7) is 4.93. The van der Waals surface area contributed by atoms with Gasteiger partial charge in [-0.15, -0.1) is 11.3 Å². The Morgan fingerprint density at radius 3 is 2.93 bits per heavy atom. The van der Waals surface area contributed by atoms with E-state index in [1.807, 2.05) is 0 Å². The molecular weight excluding hydrogens is 384 g/mol. The Bertz CT molecular complexity index is 946. The van der Waals surface area contributed by atoms with Gasteiger partial charge in [0.25, 0.3) is 0 Å². The smallest absolute Gasteiger partial charge is 0.237 e.